The summed E-state index contributed by atoms with van der Waals surface area (Å²) in [5, 5.41) is 3.85. The molecule has 0 saturated carbocycles. The van der Waals surface area contributed by atoms with Gasteiger partial charge in [0, 0.05) is 12.6 Å². The van der Waals surface area contributed by atoms with Crippen LogP contribution in [-0.2, 0) is 6.42 Å². The largest absolute Gasteiger partial charge is 0.314 e. The van der Waals surface area contributed by atoms with Gasteiger partial charge >= 0.3 is 0 Å². The lowest BCUT2D eigenvalue weighted by Crippen LogP contribution is -2.39. The minimum atomic E-state index is -0.313. The zero-order valence-electron chi connectivity index (χ0n) is 13.8. The fraction of sp³-hybridized carbons (Fsp3) is 0.667. The second-order valence-corrected chi connectivity index (χ2v) is 6.76. The molecule has 3 heteroatoms. The van der Waals surface area contributed by atoms with Gasteiger partial charge in [-0.25, -0.2) is 4.39 Å². The van der Waals surface area contributed by atoms with Crippen LogP contribution in [0.25, 0.3) is 0 Å². The number of hydrogen-bond acceptors (Lipinski definition) is 1. The average Bonchev–Trinajstić information content (AvgIpc) is 2.46. The first-order valence-corrected chi connectivity index (χ1v) is 8.48. The predicted octanol–water partition coefficient (Wildman–Crippen LogP) is 5.61. The van der Waals surface area contributed by atoms with Crippen molar-refractivity contribution in [2.45, 2.75) is 65.8 Å². The Morgan fingerprint density at radius 3 is 2.57 bits per heavy atom. The summed E-state index contributed by atoms with van der Waals surface area (Å²) in [7, 11) is 0. The summed E-state index contributed by atoms with van der Waals surface area (Å²) in [4.78, 5) is 0. The molecule has 0 spiro atoms. The zero-order chi connectivity index (χ0) is 15.9. The molecule has 0 aromatic heterocycles. The maximum Gasteiger partial charge on any atom is 0.142 e. The first-order valence-electron chi connectivity index (χ1n) is 8.10. The number of hydrogen-bond donors (Lipinski definition) is 1. The molecule has 0 aliphatic rings. The van der Waals surface area contributed by atoms with Crippen molar-refractivity contribution in [1.82, 2.24) is 5.32 Å². The van der Waals surface area contributed by atoms with E-state index >= 15 is 0 Å². The summed E-state index contributed by atoms with van der Waals surface area (Å²) in [5.41, 5.74) is 1.08. The highest BCUT2D eigenvalue weighted by molar-refractivity contribution is 6.31. The van der Waals surface area contributed by atoms with Gasteiger partial charge in [0.15, 0.2) is 0 Å². The predicted molar refractivity (Wildman–Crippen MR) is 90.5 cm³/mol. The molecule has 21 heavy (non-hydrogen) atoms. The van der Waals surface area contributed by atoms with Gasteiger partial charge in [-0.05, 0) is 36.3 Å². The minimum Gasteiger partial charge on any atom is -0.314 e. The first kappa shape index (κ1) is 18.4. The van der Waals surface area contributed by atoms with Crippen LogP contribution in [0.15, 0.2) is 18.2 Å². The van der Waals surface area contributed by atoms with Gasteiger partial charge in [-0.1, -0.05) is 64.3 Å². The van der Waals surface area contributed by atoms with E-state index in [1.807, 2.05) is 6.07 Å². The van der Waals surface area contributed by atoms with Gasteiger partial charge in [0.05, 0.1) is 5.02 Å². The van der Waals surface area contributed by atoms with Crippen LogP contribution < -0.4 is 5.32 Å². The van der Waals surface area contributed by atoms with Crippen LogP contribution in [-0.4, -0.2) is 12.6 Å². The molecule has 1 N–H and O–H groups in total. The van der Waals surface area contributed by atoms with Crippen LogP contribution >= 0.6 is 11.6 Å². The van der Waals surface area contributed by atoms with E-state index in [0.29, 0.717) is 6.04 Å². The summed E-state index contributed by atoms with van der Waals surface area (Å²) >= 11 is 6.16. The van der Waals surface area contributed by atoms with Crippen molar-refractivity contribution in [3.05, 3.63) is 34.6 Å². The molecular formula is C18H29ClFN. The Balaban J connectivity index is 2.95. The molecule has 1 atom stereocenters. The molecule has 1 unspecified atom stereocenters. The van der Waals surface area contributed by atoms with E-state index in [1.54, 1.807) is 6.07 Å². The van der Waals surface area contributed by atoms with Crippen molar-refractivity contribution < 1.29 is 4.39 Å². The molecule has 0 aliphatic heterocycles. The molecule has 0 aliphatic carbocycles. The molecule has 0 radical (unpaired) electrons. The zero-order valence-corrected chi connectivity index (χ0v) is 14.6. The maximum absolute atomic E-state index is 13.7. The van der Waals surface area contributed by atoms with Crippen molar-refractivity contribution in [3.63, 3.8) is 0 Å². The van der Waals surface area contributed by atoms with E-state index in [1.165, 1.54) is 18.9 Å². The van der Waals surface area contributed by atoms with Gasteiger partial charge in [-0.3, -0.25) is 0 Å². The number of benzene rings is 1. The molecule has 1 nitrogen and oxygen atoms in total. The molecule has 1 rings (SSSR count). The first-order chi connectivity index (χ1) is 9.94. The van der Waals surface area contributed by atoms with Crippen molar-refractivity contribution >= 4 is 11.6 Å². The van der Waals surface area contributed by atoms with E-state index < -0.39 is 0 Å². The molecule has 0 amide bonds. The molecule has 0 bridgehead atoms. The Hall–Kier alpha value is -0.600. The normalized spacial score (nSPS) is 14.4. The van der Waals surface area contributed by atoms with Gasteiger partial charge in [0.25, 0.3) is 0 Å². The third kappa shape index (κ3) is 5.60. The van der Waals surface area contributed by atoms with Gasteiger partial charge in [0.1, 0.15) is 5.82 Å². The molecule has 1 aromatic carbocycles. The molecule has 120 valence electrons. The summed E-state index contributed by atoms with van der Waals surface area (Å²) in [5.74, 6) is -0.313. The number of nitrogens with one attached hydrogen (secondary N) is 1. The highest BCUT2D eigenvalue weighted by atomic mass is 35.5. The Morgan fingerprint density at radius 1 is 1.29 bits per heavy atom. The van der Waals surface area contributed by atoms with Gasteiger partial charge in [-0.2, -0.15) is 0 Å². The SMILES string of the molecule is CCCCC(CC)(CNC(C)C)Cc1cccc(F)c1Cl. The average molecular weight is 314 g/mol. The molecule has 1 aromatic rings. The summed E-state index contributed by atoms with van der Waals surface area (Å²) in [6.07, 6.45) is 5.42. The lowest BCUT2D eigenvalue weighted by molar-refractivity contribution is 0.223. The van der Waals surface area contributed by atoms with E-state index in [0.717, 1.165) is 31.4 Å². The molecule has 0 heterocycles. The third-order valence-corrected chi connectivity index (χ3v) is 4.72. The molecular weight excluding hydrogens is 285 g/mol. The van der Waals surface area contributed by atoms with Gasteiger partial charge < -0.3 is 5.32 Å². The molecule has 0 fully saturated rings. The van der Waals surface area contributed by atoms with Crippen molar-refractivity contribution in [3.8, 4) is 0 Å². The number of rotatable bonds is 9. The lowest BCUT2D eigenvalue weighted by Gasteiger charge is -2.35. The van der Waals surface area contributed by atoms with E-state index in [-0.39, 0.29) is 16.3 Å². The highest BCUT2D eigenvalue weighted by Crippen LogP contribution is 2.35. The maximum atomic E-state index is 13.7. The van der Waals surface area contributed by atoms with Crippen molar-refractivity contribution in [2.24, 2.45) is 5.41 Å². The topological polar surface area (TPSA) is 12.0 Å². The lowest BCUT2D eigenvalue weighted by atomic mass is 9.75. The van der Waals surface area contributed by atoms with Crippen LogP contribution in [0.2, 0.25) is 5.02 Å². The van der Waals surface area contributed by atoms with Crippen LogP contribution in [0.4, 0.5) is 4.39 Å². The van der Waals surface area contributed by atoms with Crippen LogP contribution in [0.1, 0.15) is 58.9 Å². The third-order valence-electron chi connectivity index (χ3n) is 4.29. The van der Waals surface area contributed by atoms with E-state index in [9.17, 15) is 4.39 Å². The second kappa shape index (κ2) is 8.75. The Bertz CT molecular complexity index is 433. The second-order valence-electron chi connectivity index (χ2n) is 6.38. The standard InChI is InChI=1S/C18H29ClFN/c1-5-7-11-18(6-2,13-21-14(3)4)12-15-9-8-10-16(20)17(15)19/h8-10,14,21H,5-7,11-13H2,1-4H3. The van der Waals surface area contributed by atoms with Crippen LogP contribution in [0.3, 0.4) is 0 Å². The molecule has 0 saturated heterocycles. The monoisotopic (exact) mass is 313 g/mol. The Labute approximate surface area is 134 Å². The Kier molecular flexibility index (Phi) is 7.69. The summed E-state index contributed by atoms with van der Waals surface area (Å²) < 4.78 is 13.7. The fourth-order valence-corrected chi connectivity index (χ4v) is 2.92. The van der Waals surface area contributed by atoms with Crippen LogP contribution in [0, 0.1) is 11.2 Å². The highest BCUT2D eigenvalue weighted by Gasteiger charge is 2.29. The Morgan fingerprint density at radius 2 is 2.00 bits per heavy atom. The van der Waals surface area contributed by atoms with E-state index in [2.05, 4.69) is 33.0 Å². The van der Waals surface area contributed by atoms with Crippen molar-refractivity contribution in [2.75, 3.05) is 6.54 Å². The van der Waals surface area contributed by atoms with Crippen molar-refractivity contribution in [1.29, 1.82) is 0 Å². The van der Waals surface area contributed by atoms with Gasteiger partial charge in [0.2, 0.25) is 0 Å². The summed E-state index contributed by atoms with van der Waals surface area (Å²) in [6, 6.07) is 5.60. The fourth-order valence-electron chi connectivity index (χ4n) is 2.73. The number of unbranched alkanes of at least 4 members (excludes halogenated alkanes) is 1. The number of halogens is 2. The van der Waals surface area contributed by atoms with E-state index in [4.69, 9.17) is 11.6 Å². The quantitative estimate of drug-likeness (QED) is 0.625. The van der Waals surface area contributed by atoms with Crippen LogP contribution in [0.5, 0.6) is 0 Å². The minimum absolute atomic E-state index is 0.151. The summed E-state index contributed by atoms with van der Waals surface area (Å²) in [6.45, 7) is 9.72. The smallest absolute Gasteiger partial charge is 0.142 e. The van der Waals surface area contributed by atoms with Gasteiger partial charge in [-0.15, -0.1) is 0 Å².